The van der Waals surface area contributed by atoms with Crippen molar-refractivity contribution >= 4 is 11.9 Å². The van der Waals surface area contributed by atoms with Crippen LogP contribution in [0.15, 0.2) is 18.2 Å². The van der Waals surface area contributed by atoms with Gasteiger partial charge in [0, 0.05) is 18.5 Å². The Morgan fingerprint density at radius 3 is 2.57 bits per heavy atom. The number of amides is 1. The normalized spacial score (nSPS) is 24.7. The number of carbonyl (C=O) groups is 2. The van der Waals surface area contributed by atoms with Gasteiger partial charge in [0.1, 0.15) is 6.04 Å². The van der Waals surface area contributed by atoms with Crippen molar-refractivity contribution in [3.05, 3.63) is 34.9 Å². The van der Waals surface area contributed by atoms with Gasteiger partial charge in [-0.2, -0.15) is 0 Å². The lowest BCUT2D eigenvalue weighted by Gasteiger charge is -2.22. The highest BCUT2D eigenvalue weighted by Gasteiger charge is 2.39. The van der Waals surface area contributed by atoms with Crippen LogP contribution in [-0.2, 0) is 17.6 Å². The van der Waals surface area contributed by atoms with Gasteiger partial charge in [0.2, 0.25) is 0 Å². The third kappa shape index (κ3) is 2.65. The zero-order chi connectivity index (χ0) is 15.0. The van der Waals surface area contributed by atoms with Gasteiger partial charge < -0.3 is 15.1 Å². The monoisotopic (exact) mass is 289 g/mol. The Morgan fingerprint density at radius 1 is 1.14 bits per heavy atom. The number of aliphatic hydroxyl groups is 1. The van der Waals surface area contributed by atoms with Gasteiger partial charge in [-0.3, -0.25) is 4.79 Å². The predicted molar refractivity (Wildman–Crippen MR) is 76.2 cm³/mol. The molecule has 0 spiro atoms. The van der Waals surface area contributed by atoms with Crippen molar-refractivity contribution in [2.24, 2.45) is 0 Å². The number of carboxylic acids is 1. The van der Waals surface area contributed by atoms with E-state index in [4.69, 9.17) is 0 Å². The lowest BCUT2D eigenvalue weighted by molar-refractivity contribution is -0.141. The third-order valence-electron chi connectivity index (χ3n) is 4.42. The van der Waals surface area contributed by atoms with E-state index in [1.54, 1.807) is 6.07 Å². The van der Waals surface area contributed by atoms with Crippen molar-refractivity contribution < 1.29 is 19.8 Å². The lowest BCUT2D eigenvalue weighted by atomic mass is 9.90. The van der Waals surface area contributed by atoms with Gasteiger partial charge >= 0.3 is 5.97 Å². The molecule has 2 N–H and O–H groups in total. The topological polar surface area (TPSA) is 77.8 Å². The second-order valence-electron chi connectivity index (χ2n) is 5.89. The molecule has 1 aliphatic heterocycles. The fourth-order valence-electron chi connectivity index (χ4n) is 3.30. The number of rotatable bonds is 2. The molecule has 0 bridgehead atoms. The number of likely N-dealkylation sites (tertiary alicyclic amines) is 1. The first-order valence-electron chi connectivity index (χ1n) is 7.40. The number of carboxylic acid groups (broad SMARTS) is 1. The molecule has 5 nitrogen and oxygen atoms in total. The van der Waals surface area contributed by atoms with Crippen molar-refractivity contribution in [2.45, 2.75) is 44.2 Å². The molecule has 2 aliphatic rings. The maximum Gasteiger partial charge on any atom is 0.326 e. The summed E-state index contributed by atoms with van der Waals surface area (Å²) in [6.07, 6.45) is 3.68. The fraction of sp³-hybridized carbons (Fsp3) is 0.500. The first kappa shape index (κ1) is 14.1. The Bertz CT molecular complexity index is 584. The number of aliphatic hydroxyl groups excluding tert-OH is 1. The molecule has 0 radical (unpaired) electrons. The number of hydrogen-bond acceptors (Lipinski definition) is 3. The molecule has 1 aliphatic carbocycles. The molecular formula is C16H19NO4. The molecule has 2 unspecified atom stereocenters. The molecule has 1 aromatic rings. The Balaban J connectivity index is 1.86. The summed E-state index contributed by atoms with van der Waals surface area (Å²) in [5.41, 5.74) is 3.00. The number of aryl methyl sites for hydroxylation is 2. The largest absolute Gasteiger partial charge is 0.480 e. The van der Waals surface area contributed by atoms with Gasteiger partial charge in [-0.25, -0.2) is 4.79 Å². The van der Waals surface area contributed by atoms with E-state index in [1.807, 2.05) is 12.1 Å². The van der Waals surface area contributed by atoms with Crippen LogP contribution < -0.4 is 0 Å². The number of nitrogens with zero attached hydrogens (tertiary/aromatic N) is 1. The van der Waals surface area contributed by atoms with Crippen molar-refractivity contribution in [3.63, 3.8) is 0 Å². The highest BCUT2D eigenvalue weighted by Crippen LogP contribution is 2.25. The molecule has 2 atom stereocenters. The van der Waals surface area contributed by atoms with Crippen LogP contribution in [0.3, 0.4) is 0 Å². The average Bonchev–Trinajstić information content (AvgIpc) is 2.88. The molecule has 1 amide bonds. The quantitative estimate of drug-likeness (QED) is 0.858. The second kappa shape index (κ2) is 5.48. The molecule has 3 rings (SSSR count). The van der Waals surface area contributed by atoms with E-state index < -0.39 is 18.1 Å². The molecule has 1 heterocycles. The molecule has 0 saturated carbocycles. The van der Waals surface area contributed by atoms with Gasteiger partial charge in [0.15, 0.2) is 0 Å². The smallest absolute Gasteiger partial charge is 0.326 e. The second-order valence-corrected chi connectivity index (χ2v) is 5.89. The predicted octanol–water partition coefficient (Wildman–Crippen LogP) is 1.23. The van der Waals surface area contributed by atoms with Crippen LogP contribution in [0.4, 0.5) is 0 Å². The molecule has 1 aromatic carbocycles. The number of benzene rings is 1. The highest BCUT2D eigenvalue weighted by atomic mass is 16.4. The van der Waals surface area contributed by atoms with Crippen LogP contribution in [0.5, 0.6) is 0 Å². The SMILES string of the molecule is O=C(O)C1CC(O)CN1C(=O)c1ccc2c(c1)CCCC2. The van der Waals surface area contributed by atoms with Crippen LogP contribution >= 0.6 is 0 Å². The van der Waals surface area contributed by atoms with E-state index in [1.165, 1.54) is 22.4 Å². The van der Waals surface area contributed by atoms with Crippen LogP contribution in [-0.4, -0.2) is 45.7 Å². The number of β-amino-alcohol motifs (C(OH)–C–C–N with tert-alkyl or cyclic N) is 1. The first-order valence-corrected chi connectivity index (χ1v) is 7.40. The van der Waals surface area contributed by atoms with Crippen molar-refractivity contribution in [1.82, 2.24) is 4.90 Å². The standard InChI is InChI=1S/C16H19NO4/c18-13-8-14(16(20)21)17(9-13)15(19)12-6-5-10-3-1-2-4-11(10)7-12/h5-7,13-14,18H,1-4,8-9H2,(H,20,21). The molecule has 1 saturated heterocycles. The van der Waals surface area contributed by atoms with Gasteiger partial charge in [0.25, 0.3) is 5.91 Å². The number of carbonyl (C=O) groups excluding carboxylic acids is 1. The minimum atomic E-state index is -1.06. The van der Waals surface area contributed by atoms with Crippen molar-refractivity contribution in [3.8, 4) is 0 Å². The number of hydrogen-bond donors (Lipinski definition) is 2. The van der Waals surface area contributed by atoms with Crippen LogP contribution in [0.1, 0.15) is 40.7 Å². The molecule has 5 heteroatoms. The Hall–Kier alpha value is -1.88. The van der Waals surface area contributed by atoms with Crippen molar-refractivity contribution in [1.29, 1.82) is 0 Å². The van der Waals surface area contributed by atoms with E-state index in [2.05, 4.69) is 0 Å². The third-order valence-corrected chi connectivity index (χ3v) is 4.42. The summed E-state index contributed by atoms with van der Waals surface area (Å²) in [5.74, 6) is -1.36. The number of aliphatic carboxylic acids is 1. The zero-order valence-corrected chi connectivity index (χ0v) is 11.8. The summed E-state index contributed by atoms with van der Waals surface area (Å²) in [6.45, 7) is 0.0902. The van der Waals surface area contributed by atoms with Gasteiger partial charge in [-0.15, -0.1) is 0 Å². The van der Waals surface area contributed by atoms with Crippen molar-refractivity contribution in [2.75, 3.05) is 6.54 Å². The number of fused-ring (bicyclic) bond motifs is 1. The minimum Gasteiger partial charge on any atom is -0.480 e. The summed E-state index contributed by atoms with van der Waals surface area (Å²) >= 11 is 0. The zero-order valence-electron chi connectivity index (χ0n) is 11.8. The summed E-state index contributed by atoms with van der Waals surface area (Å²) in [7, 11) is 0. The molecule has 21 heavy (non-hydrogen) atoms. The van der Waals surface area contributed by atoms with E-state index in [0.717, 1.165) is 19.3 Å². The van der Waals surface area contributed by atoms with E-state index >= 15 is 0 Å². The summed E-state index contributed by atoms with van der Waals surface area (Å²) in [6, 6.07) is 4.71. The summed E-state index contributed by atoms with van der Waals surface area (Å²) < 4.78 is 0. The maximum atomic E-state index is 12.5. The molecule has 112 valence electrons. The van der Waals surface area contributed by atoms with Crippen LogP contribution in [0, 0.1) is 0 Å². The lowest BCUT2D eigenvalue weighted by Crippen LogP contribution is -2.40. The van der Waals surface area contributed by atoms with E-state index in [0.29, 0.717) is 5.56 Å². The fourth-order valence-corrected chi connectivity index (χ4v) is 3.30. The molecular weight excluding hydrogens is 270 g/mol. The first-order chi connectivity index (χ1) is 10.1. The molecule has 1 fully saturated rings. The van der Waals surface area contributed by atoms with E-state index in [-0.39, 0.29) is 18.9 Å². The Morgan fingerprint density at radius 2 is 1.86 bits per heavy atom. The Labute approximate surface area is 123 Å². The van der Waals surface area contributed by atoms with Gasteiger partial charge in [-0.1, -0.05) is 6.07 Å². The van der Waals surface area contributed by atoms with Gasteiger partial charge in [-0.05, 0) is 48.9 Å². The molecule has 0 aromatic heterocycles. The summed E-state index contributed by atoms with van der Waals surface area (Å²) in [5, 5.41) is 18.8. The van der Waals surface area contributed by atoms with Crippen LogP contribution in [0.25, 0.3) is 0 Å². The Kier molecular flexibility index (Phi) is 3.68. The highest BCUT2D eigenvalue weighted by molar-refractivity contribution is 5.97. The maximum absolute atomic E-state index is 12.5. The van der Waals surface area contributed by atoms with E-state index in [9.17, 15) is 19.8 Å². The minimum absolute atomic E-state index is 0.0902. The van der Waals surface area contributed by atoms with Gasteiger partial charge in [0.05, 0.1) is 6.10 Å². The average molecular weight is 289 g/mol. The van der Waals surface area contributed by atoms with Crippen LogP contribution in [0.2, 0.25) is 0 Å². The summed E-state index contributed by atoms with van der Waals surface area (Å²) in [4.78, 5) is 25.0.